The number of anilines is 1. The smallest absolute Gasteiger partial charge is 0.279 e. The Balaban J connectivity index is 1.47. The third-order valence-corrected chi connectivity index (χ3v) is 5.31. The van der Waals surface area contributed by atoms with Crippen LogP contribution in [0.1, 0.15) is 5.56 Å². The molecule has 0 saturated carbocycles. The predicted molar refractivity (Wildman–Crippen MR) is 107 cm³/mol. The lowest BCUT2D eigenvalue weighted by atomic mass is 10.1. The Kier molecular flexibility index (Phi) is 7.08. The van der Waals surface area contributed by atoms with E-state index < -0.39 is 0 Å². The molecular weight excluding hydrogens is 380 g/mol. The number of nitrogens with one attached hydrogen (secondary N) is 3. The normalized spacial score (nSPS) is 19.1. The Morgan fingerprint density at radius 2 is 1.82 bits per heavy atom. The number of ether oxygens (including phenoxy) is 2. The van der Waals surface area contributed by atoms with Crippen LogP contribution in [0.15, 0.2) is 36.5 Å². The highest BCUT2D eigenvalue weighted by Crippen LogP contribution is 2.27. The summed E-state index contributed by atoms with van der Waals surface area (Å²) >= 11 is 6.00. The van der Waals surface area contributed by atoms with Crippen molar-refractivity contribution in [3.8, 4) is 11.5 Å². The maximum Gasteiger partial charge on any atom is 0.279 e. The molecule has 1 aromatic carbocycles. The molecule has 0 unspecified atom stereocenters. The van der Waals surface area contributed by atoms with Gasteiger partial charge in [-0.05, 0) is 30.3 Å². The fourth-order valence-corrected chi connectivity index (χ4v) is 3.66. The lowest BCUT2D eigenvalue weighted by molar-refractivity contribution is -1.02. The van der Waals surface area contributed by atoms with E-state index in [0.29, 0.717) is 17.4 Å². The topological polar surface area (TPSA) is 69.3 Å². The third-order valence-electron chi connectivity index (χ3n) is 5.01. The molecule has 1 amide bonds. The van der Waals surface area contributed by atoms with Crippen LogP contribution in [0, 0.1) is 0 Å². The minimum Gasteiger partial charge on any atom is -0.493 e. The monoisotopic (exact) mass is 406 g/mol. The summed E-state index contributed by atoms with van der Waals surface area (Å²) in [4.78, 5) is 19.1. The molecule has 150 valence electrons. The van der Waals surface area contributed by atoms with Crippen molar-refractivity contribution in [2.24, 2.45) is 0 Å². The Labute approximate surface area is 170 Å². The van der Waals surface area contributed by atoms with Gasteiger partial charge in [0.2, 0.25) is 0 Å². The van der Waals surface area contributed by atoms with Gasteiger partial charge in [0.15, 0.2) is 23.2 Å². The number of carbonyl (C=O) groups is 1. The van der Waals surface area contributed by atoms with E-state index in [-0.39, 0.29) is 5.91 Å². The molecule has 1 fully saturated rings. The van der Waals surface area contributed by atoms with Crippen molar-refractivity contribution in [3.63, 3.8) is 0 Å². The maximum absolute atomic E-state index is 12.3. The fourth-order valence-electron chi connectivity index (χ4n) is 3.49. The van der Waals surface area contributed by atoms with Gasteiger partial charge in [-0.15, -0.1) is 0 Å². The zero-order valence-electron chi connectivity index (χ0n) is 16.3. The minimum atomic E-state index is -0.0340. The molecule has 0 atom stereocenters. The van der Waals surface area contributed by atoms with E-state index in [2.05, 4.69) is 16.4 Å². The van der Waals surface area contributed by atoms with E-state index in [1.807, 2.05) is 12.1 Å². The minimum absolute atomic E-state index is 0.0340. The molecule has 0 aliphatic carbocycles. The maximum atomic E-state index is 12.3. The number of nitrogens with zero attached hydrogens (tertiary/aromatic N) is 1. The number of methoxy groups -OCH3 is 2. The van der Waals surface area contributed by atoms with Crippen molar-refractivity contribution >= 4 is 23.2 Å². The standard InChI is InChI=1S/C20H25ClN4O3/c1-27-17-6-5-15(12-18(17)28-2)13-24-8-10-25(11-9-24)14-19(26)23-16-4-3-7-22-20(16)21/h3-7,12H,8-11,13-14H2,1-2H3,(H,23,26)/p+2. The predicted octanol–water partition coefficient (Wildman–Crippen LogP) is -0.326. The second-order valence-electron chi connectivity index (χ2n) is 6.93. The van der Waals surface area contributed by atoms with Gasteiger partial charge in [0, 0.05) is 11.8 Å². The first kappa shape index (κ1) is 20.4. The lowest BCUT2D eigenvalue weighted by Crippen LogP contribution is -3.28. The summed E-state index contributed by atoms with van der Waals surface area (Å²) in [5, 5.41) is 3.16. The molecule has 0 radical (unpaired) electrons. The van der Waals surface area contributed by atoms with E-state index in [9.17, 15) is 4.79 Å². The van der Waals surface area contributed by atoms with Crippen molar-refractivity contribution in [3.05, 3.63) is 47.2 Å². The van der Waals surface area contributed by atoms with E-state index in [0.717, 1.165) is 44.2 Å². The van der Waals surface area contributed by atoms with Gasteiger partial charge in [0.25, 0.3) is 5.91 Å². The van der Waals surface area contributed by atoms with Crippen molar-refractivity contribution in [2.75, 3.05) is 52.3 Å². The third kappa shape index (κ3) is 5.34. The van der Waals surface area contributed by atoms with Crippen LogP contribution in [-0.4, -0.2) is 57.8 Å². The van der Waals surface area contributed by atoms with Crippen molar-refractivity contribution in [2.45, 2.75) is 6.54 Å². The Morgan fingerprint density at radius 1 is 1.11 bits per heavy atom. The molecule has 1 aliphatic rings. The highest BCUT2D eigenvalue weighted by atomic mass is 35.5. The van der Waals surface area contributed by atoms with Gasteiger partial charge in [0.1, 0.15) is 32.7 Å². The number of rotatable bonds is 7. The lowest BCUT2D eigenvalue weighted by Gasteiger charge is -2.29. The van der Waals surface area contributed by atoms with Crippen LogP contribution in [-0.2, 0) is 11.3 Å². The highest BCUT2D eigenvalue weighted by molar-refractivity contribution is 6.32. The van der Waals surface area contributed by atoms with E-state index >= 15 is 0 Å². The quantitative estimate of drug-likeness (QED) is 0.551. The fraction of sp³-hybridized carbons (Fsp3) is 0.400. The molecule has 28 heavy (non-hydrogen) atoms. The number of benzene rings is 1. The zero-order valence-corrected chi connectivity index (χ0v) is 17.0. The average molecular weight is 407 g/mol. The summed E-state index contributed by atoms with van der Waals surface area (Å²) in [5.41, 5.74) is 1.78. The number of halogens is 1. The first-order chi connectivity index (χ1) is 13.6. The molecule has 1 saturated heterocycles. The van der Waals surface area contributed by atoms with Gasteiger partial charge in [-0.3, -0.25) is 4.79 Å². The summed E-state index contributed by atoms with van der Waals surface area (Å²) in [6.07, 6.45) is 1.60. The van der Waals surface area contributed by atoms with Crippen molar-refractivity contribution in [1.29, 1.82) is 0 Å². The molecule has 3 N–H and O–H groups in total. The molecule has 1 aliphatic heterocycles. The van der Waals surface area contributed by atoms with E-state index in [4.69, 9.17) is 21.1 Å². The van der Waals surface area contributed by atoms with Crippen molar-refractivity contribution in [1.82, 2.24) is 4.98 Å². The van der Waals surface area contributed by atoms with Gasteiger partial charge in [-0.2, -0.15) is 0 Å². The summed E-state index contributed by atoms with van der Waals surface area (Å²) in [5.74, 6) is 1.47. The molecule has 8 heteroatoms. The summed E-state index contributed by atoms with van der Waals surface area (Å²) in [6.45, 7) is 5.32. The second-order valence-corrected chi connectivity index (χ2v) is 7.29. The van der Waals surface area contributed by atoms with E-state index in [1.54, 1.807) is 32.5 Å². The number of aromatic nitrogens is 1. The summed E-state index contributed by atoms with van der Waals surface area (Å²) < 4.78 is 10.7. The number of carbonyl (C=O) groups excluding carboxylic acids is 1. The summed E-state index contributed by atoms with van der Waals surface area (Å²) in [7, 11) is 3.30. The molecule has 2 heterocycles. The van der Waals surface area contributed by atoms with Gasteiger partial charge < -0.3 is 24.6 Å². The van der Waals surface area contributed by atoms with E-state index in [1.165, 1.54) is 15.4 Å². The first-order valence-corrected chi connectivity index (χ1v) is 9.75. The SMILES string of the molecule is COc1ccc(C[NH+]2CC[NH+](CC(=O)Nc3cccnc3Cl)CC2)cc1OC. The highest BCUT2D eigenvalue weighted by Gasteiger charge is 2.25. The summed E-state index contributed by atoms with van der Waals surface area (Å²) in [6, 6.07) is 9.58. The van der Waals surface area contributed by atoms with Crippen LogP contribution in [0.2, 0.25) is 5.15 Å². The molecule has 3 rings (SSSR count). The largest absolute Gasteiger partial charge is 0.493 e. The van der Waals surface area contributed by atoms with Crippen LogP contribution < -0.4 is 24.6 Å². The van der Waals surface area contributed by atoms with Crippen LogP contribution in [0.4, 0.5) is 5.69 Å². The first-order valence-electron chi connectivity index (χ1n) is 9.37. The van der Waals surface area contributed by atoms with Crippen LogP contribution in [0.25, 0.3) is 0 Å². The number of piperazine rings is 1. The number of amides is 1. The van der Waals surface area contributed by atoms with Crippen LogP contribution in [0.3, 0.4) is 0 Å². The molecule has 7 nitrogen and oxygen atoms in total. The zero-order chi connectivity index (χ0) is 19.9. The van der Waals surface area contributed by atoms with Crippen LogP contribution in [0.5, 0.6) is 11.5 Å². The van der Waals surface area contributed by atoms with Gasteiger partial charge in [-0.25, -0.2) is 4.98 Å². The van der Waals surface area contributed by atoms with Crippen molar-refractivity contribution < 1.29 is 24.1 Å². The number of hydrogen-bond acceptors (Lipinski definition) is 4. The molecule has 0 bridgehead atoms. The number of quaternary nitrogens is 2. The van der Waals surface area contributed by atoms with Gasteiger partial charge in [-0.1, -0.05) is 11.6 Å². The number of hydrogen-bond donors (Lipinski definition) is 3. The van der Waals surface area contributed by atoms with Gasteiger partial charge in [0.05, 0.1) is 19.9 Å². The molecular formula is C20H27ClN4O3+2. The molecule has 1 aromatic heterocycles. The Bertz CT molecular complexity index is 810. The average Bonchev–Trinajstić information content (AvgIpc) is 2.71. The van der Waals surface area contributed by atoms with Crippen LogP contribution >= 0.6 is 11.6 Å². The Hall–Kier alpha value is -2.35. The Morgan fingerprint density at radius 3 is 2.50 bits per heavy atom. The molecule has 2 aromatic rings. The number of pyridine rings is 1. The van der Waals surface area contributed by atoms with Gasteiger partial charge >= 0.3 is 0 Å². The molecule has 0 spiro atoms. The second kappa shape index (κ2) is 9.73.